The van der Waals surface area contributed by atoms with Crippen LogP contribution in [-0.2, 0) is 99.7 Å². The predicted molar refractivity (Wildman–Crippen MR) is 570 cm³/mol. The van der Waals surface area contributed by atoms with Gasteiger partial charge in [0.25, 0.3) is 0 Å². The van der Waals surface area contributed by atoms with E-state index < -0.39 is 0 Å². The molecule has 12 aromatic carbocycles. The molecule has 0 aliphatic heterocycles. The third-order valence-electron chi connectivity index (χ3n) is 22.2. The Morgan fingerprint density at radius 2 is 0.400 bits per heavy atom. The SMILES string of the molecule is CC(C)c1cccc(C(C)C)c1N=C([N-]c1c(C(C)C)cccc1C(C)C)N(Cc1ccccc1)Cc1ccccc1.CC(C)c1cccc(C(C)C)c1N=C([N-]c1c(C(C)C)cccc1C(C)C)N(Cc1ccccc1)Cc1ccccc1.CN(C)c1ccccc1C[S-].CN(C)c1ccccc1C[S-].CN(C)c1ccccc1C[S-].CN(C)c1ccccc1C[S-].[Lu+3].[Lu+3]. The van der Waals surface area contributed by atoms with Gasteiger partial charge in [0, 0.05) is 91.1 Å². The normalized spacial score (nSPS) is 11.1. The molecule has 0 N–H and O–H groups in total. The molecule has 0 radical (unpaired) electrons. The zero-order valence-electron chi connectivity index (χ0n) is 81.6. The molecule has 0 aromatic heterocycles. The molecule has 0 atom stereocenters. The van der Waals surface area contributed by atoms with E-state index in [0.29, 0.717) is 96.5 Å². The van der Waals surface area contributed by atoms with Crippen LogP contribution < -0.4 is 19.6 Å². The third-order valence-corrected chi connectivity index (χ3v) is 23.4. The Kier molecular flexibility index (Phi) is 51.3. The number of rotatable bonds is 28. The summed E-state index contributed by atoms with van der Waals surface area (Å²) < 4.78 is 0. The number of guanidine groups is 2. The fourth-order valence-corrected chi connectivity index (χ4v) is 16.2. The van der Waals surface area contributed by atoms with E-state index in [1.807, 2.05) is 105 Å². The van der Waals surface area contributed by atoms with Crippen LogP contribution in [0, 0.1) is 73.7 Å². The van der Waals surface area contributed by atoms with Crippen molar-refractivity contribution in [3.63, 3.8) is 0 Å². The van der Waals surface area contributed by atoms with Crippen LogP contribution in [0.5, 0.6) is 0 Å². The second kappa shape index (κ2) is 59.1. The van der Waals surface area contributed by atoms with Crippen LogP contribution in [0.2, 0.25) is 0 Å². The Hall–Kier alpha value is -7.75. The molecule has 10 nitrogen and oxygen atoms in total. The van der Waals surface area contributed by atoms with E-state index in [-0.39, 0.29) is 73.7 Å². The average Bonchev–Trinajstić information content (AvgIpc) is 0.792. The van der Waals surface area contributed by atoms with Gasteiger partial charge in [0.15, 0.2) is 0 Å². The van der Waals surface area contributed by atoms with Gasteiger partial charge < -0.3 is 101 Å². The van der Waals surface area contributed by atoms with E-state index in [9.17, 15) is 0 Å². The number of para-hydroxylation sites is 8. The maximum atomic E-state index is 5.57. The van der Waals surface area contributed by atoms with Crippen molar-refractivity contribution >= 4 is 108 Å². The molecule has 0 aliphatic carbocycles. The second-order valence-electron chi connectivity index (χ2n) is 35.7. The topological polar surface area (TPSA) is 72.4 Å². The van der Waals surface area contributed by atoms with E-state index in [2.05, 4.69) is 383 Å². The zero-order valence-corrected chi connectivity index (χ0v) is 88.2. The standard InChI is InChI=1S/2C39H48N3.4C9H13NS.2Lu/c2*1-27(2)33-21-15-22-34(28(3)4)37(33)40-39(41-38-35(29(5)6)23-16-24-36(38)30(7)8)42(25-31-17-11-9-12-18-31)26-32-19-13-10-14-20-32;4*1-10(2)9-6-4-3-5-8(9)7-11;;/h2*9-24,27-30H,25-26H2,1-8H3;4*3-6,11H,7H2,1-2H3;;/q2*-1;;;;;2*+3/p-4. The van der Waals surface area contributed by atoms with Gasteiger partial charge in [-0.3, -0.25) is 0 Å². The molecule has 16 heteroatoms. The number of anilines is 4. The molecular weight excluding hydrogens is 1990 g/mol. The number of hydrogen-bond acceptors (Lipinski definition) is 10. The minimum atomic E-state index is 0. The Labute approximate surface area is 866 Å². The summed E-state index contributed by atoms with van der Waals surface area (Å²) in [5, 5.41) is 11.1. The first-order valence-electron chi connectivity index (χ1n) is 45.4. The van der Waals surface area contributed by atoms with Crippen LogP contribution in [0.3, 0.4) is 0 Å². The van der Waals surface area contributed by atoms with Crippen LogP contribution in [0.15, 0.2) is 301 Å². The number of benzene rings is 12. The molecule has 0 fully saturated rings. The van der Waals surface area contributed by atoms with E-state index in [1.165, 1.54) is 112 Å². The van der Waals surface area contributed by atoms with Gasteiger partial charge >= 0.3 is 73.7 Å². The van der Waals surface area contributed by atoms with Gasteiger partial charge in [-0.25, -0.2) is 0 Å². The Morgan fingerprint density at radius 3 is 0.562 bits per heavy atom. The molecule has 130 heavy (non-hydrogen) atoms. The molecule has 0 aliphatic rings. The van der Waals surface area contributed by atoms with Gasteiger partial charge in [0.1, 0.15) is 0 Å². The van der Waals surface area contributed by atoms with Gasteiger partial charge in [0.05, 0.1) is 0 Å². The first-order chi connectivity index (χ1) is 61.3. The van der Waals surface area contributed by atoms with E-state index in [4.69, 9.17) is 71.1 Å². The Morgan fingerprint density at radius 1 is 0.231 bits per heavy atom. The molecular formula is C114H144Lu2N10S4. The summed E-state index contributed by atoms with van der Waals surface area (Å²) in [7, 11) is 16.3. The molecule has 12 aromatic rings. The first-order valence-corrected chi connectivity index (χ1v) is 47.7. The quantitative estimate of drug-likeness (QED) is 0.0269. The summed E-state index contributed by atoms with van der Waals surface area (Å²) in [6.07, 6.45) is 0. The van der Waals surface area contributed by atoms with Crippen molar-refractivity contribution < 1.29 is 73.7 Å². The average molecular weight is 2130 g/mol. The first kappa shape index (κ1) is 113. The van der Waals surface area contributed by atoms with Crippen LogP contribution in [0.25, 0.3) is 10.6 Å². The van der Waals surface area contributed by atoms with E-state index in [0.717, 1.165) is 34.7 Å². The number of aliphatic imine (C=N–C) groups is 2. The summed E-state index contributed by atoms with van der Waals surface area (Å²) >= 11 is 20.0. The summed E-state index contributed by atoms with van der Waals surface area (Å²) in [5.41, 5.74) is 29.0. The van der Waals surface area contributed by atoms with Crippen LogP contribution in [-0.4, -0.2) is 78.1 Å². The van der Waals surface area contributed by atoms with Crippen molar-refractivity contribution in [2.75, 3.05) is 76.0 Å². The summed E-state index contributed by atoms with van der Waals surface area (Å²) in [5.74, 6) is 7.01. The Bertz CT molecular complexity index is 4690. The van der Waals surface area contributed by atoms with Crippen LogP contribution >= 0.6 is 0 Å². The van der Waals surface area contributed by atoms with Gasteiger partial charge in [0.2, 0.25) is 0 Å². The van der Waals surface area contributed by atoms with Crippen LogP contribution in [0.4, 0.5) is 45.5 Å². The maximum absolute atomic E-state index is 5.57. The van der Waals surface area contributed by atoms with Gasteiger partial charge in [-0.1, -0.05) is 378 Å². The minimum absolute atomic E-state index is 0. The molecule has 0 unspecified atom stereocenters. The molecule has 0 spiro atoms. The van der Waals surface area contributed by atoms with Gasteiger partial charge in [-0.2, -0.15) is 0 Å². The van der Waals surface area contributed by atoms with Crippen molar-refractivity contribution in [2.24, 2.45) is 9.98 Å². The maximum Gasteiger partial charge on any atom is 3.00 e. The summed E-state index contributed by atoms with van der Waals surface area (Å²) in [4.78, 5) is 24.2. The Balaban J connectivity index is 0.000000311. The van der Waals surface area contributed by atoms with Crippen molar-refractivity contribution in [2.45, 2.75) is 207 Å². The molecule has 12 rings (SSSR count). The monoisotopic (exact) mass is 2130 g/mol. The number of hydrogen-bond donors (Lipinski definition) is 0. The predicted octanol–water partition coefficient (Wildman–Crippen LogP) is 30.3. The van der Waals surface area contributed by atoms with Crippen molar-refractivity contribution in [3.8, 4) is 0 Å². The molecule has 0 saturated heterocycles. The van der Waals surface area contributed by atoms with Gasteiger partial charge in [-0.15, -0.1) is 23.0 Å². The molecule has 704 valence electrons. The van der Waals surface area contributed by atoms with Crippen LogP contribution in [0.1, 0.15) is 247 Å². The summed E-state index contributed by atoms with van der Waals surface area (Å²) in [6, 6.07) is 102. The largest absolute Gasteiger partial charge is 3.00 e. The molecule has 0 saturated carbocycles. The smallest absolute Gasteiger partial charge is 0.788 e. The van der Waals surface area contributed by atoms with Crippen molar-refractivity contribution in [1.29, 1.82) is 0 Å². The molecule has 0 amide bonds. The van der Waals surface area contributed by atoms with Gasteiger partial charge in [-0.05, 0) is 210 Å². The third kappa shape index (κ3) is 35.2. The molecule has 0 bridgehead atoms. The van der Waals surface area contributed by atoms with Crippen molar-refractivity contribution in [3.05, 3.63) is 391 Å². The number of nitrogens with zero attached hydrogens (tertiary/aromatic N) is 10. The zero-order chi connectivity index (χ0) is 93.5. The minimum Gasteiger partial charge on any atom is -0.788 e. The second-order valence-corrected chi connectivity index (χ2v) is 36.9. The fourth-order valence-electron chi connectivity index (χ4n) is 15.2. The fraction of sp³-hybridized carbons (Fsp3) is 0.351. The van der Waals surface area contributed by atoms with E-state index in [1.54, 1.807) is 0 Å². The molecule has 0 heterocycles. The van der Waals surface area contributed by atoms with E-state index >= 15 is 0 Å². The summed E-state index contributed by atoms with van der Waals surface area (Å²) in [6.45, 7) is 38.9. The van der Waals surface area contributed by atoms with Crippen molar-refractivity contribution in [1.82, 2.24) is 9.80 Å².